The maximum atomic E-state index is 12.6. The highest BCUT2D eigenvalue weighted by atomic mass is 19.4. The van der Waals surface area contributed by atoms with E-state index >= 15 is 0 Å². The number of anilines is 1. The molecule has 3 N–H and O–H groups in total. The van der Waals surface area contributed by atoms with Gasteiger partial charge in [0.25, 0.3) is 0 Å². The monoisotopic (exact) mass is 462 g/mol. The van der Waals surface area contributed by atoms with Crippen molar-refractivity contribution >= 4 is 16.7 Å². The first-order chi connectivity index (χ1) is 15.6. The van der Waals surface area contributed by atoms with Gasteiger partial charge in [0, 0.05) is 31.6 Å². The number of benzene rings is 2. The number of hydrogen-bond donors (Lipinski definition) is 3. The number of phenols is 1. The molecule has 0 saturated carbocycles. The van der Waals surface area contributed by atoms with Crippen LogP contribution >= 0.6 is 0 Å². The summed E-state index contributed by atoms with van der Waals surface area (Å²) in [5.41, 5.74) is 2.22. The van der Waals surface area contributed by atoms with Gasteiger partial charge >= 0.3 is 6.18 Å². The highest BCUT2D eigenvalue weighted by Crippen LogP contribution is 2.32. The van der Waals surface area contributed by atoms with Crippen molar-refractivity contribution in [3.63, 3.8) is 0 Å². The summed E-state index contributed by atoms with van der Waals surface area (Å²) in [5, 5.41) is 31.1. The Kier molecular flexibility index (Phi) is 6.42. The lowest BCUT2D eigenvalue weighted by Gasteiger charge is -2.39. The van der Waals surface area contributed by atoms with Crippen LogP contribution in [0.25, 0.3) is 22.3 Å². The first-order valence-electron chi connectivity index (χ1n) is 10.6. The third-order valence-electron chi connectivity index (χ3n) is 5.75. The van der Waals surface area contributed by atoms with Gasteiger partial charge in [-0.2, -0.15) is 13.2 Å². The zero-order chi connectivity index (χ0) is 23.8. The number of halogens is 3. The molecule has 0 amide bonds. The van der Waals surface area contributed by atoms with Crippen molar-refractivity contribution in [3.05, 3.63) is 48.0 Å². The maximum absolute atomic E-state index is 12.6. The zero-order valence-corrected chi connectivity index (χ0v) is 18.0. The van der Waals surface area contributed by atoms with Gasteiger partial charge in [-0.15, -0.1) is 0 Å². The summed E-state index contributed by atoms with van der Waals surface area (Å²) >= 11 is 0. The van der Waals surface area contributed by atoms with E-state index in [1.54, 1.807) is 24.3 Å². The Labute approximate surface area is 188 Å². The van der Waals surface area contributed by atoms with Crippen LogP contribution in [0.1, 0.15) is 12.0 Å². The predicted octanol–water partition coefficient (Wildman–Crippen LogP) is 3.06. The van der Waals surface area contributed by atoms with Crippen LogP contribution in [0.2, 0.25) is 0 Å². The Hall–Kier alpha value is -2.95. The van der Waals surface area contributed by atoms with Crippen LogP contribution in [0.3, 0.4) is 0 Å². The summed E-state index contributed by atoms with van der Waals surface area (Å²) in [7, 11) is 0. The Morgan fingerprint density at radius 3 is 2.36 bits per heavy atom. The molecule has 0 radical (unpaired) electrons. The quantitative estimate of drug-likeness (QED) is 0.537. The van der Waals surface area contributed by atoms with E-state index < -0.39 is 24.9 Å². The lowest BCUT2D eigenvalue weighted by molar-refractivity contribution is -0.181. The van der Waals surface area contributed by atoms with Crippen molar-refractivity contribution < 1.29 is 28.5 Å². The zero-order valence-electron chi connectivity index (χ0n) is 18.0. The van der Waals surface area contributed by atoms with Crippen LogP contribution in [-0.4, -0.2) is 74.9 Å². The van der Waals surface area contributed by atoms with Crippen molar-refractivity contribution in [2.75, 3.05) is 31.1 Å². The van der Waals surface area contributed by atoms with Crippen LogP contribution < -0.4 is 4.90 Å². The summed E-state index contributed by atoms with van der Waals surface area (Å²) in [6.45, 7) is 3.22. The van der Waals surface area contributed by atoms with Crippen LogP contribution in [0.5, 0.6) is 5.75 Å². The molecule has 1 fully saturated rings. The lowest BCUT2D eigenvalue weighted by atomic mass is 10.1. The van der Waals surface area contributed by atoms with Crippen molar-refractivity contribution in [2.45, 2.75) is 31.9 Å². The average molecular weight is 462 g/mol. The third-order valence-corrected chi connectivity index (χ3v) is 5.75. The second-order valence-electron chi connectivity index (χ2n) is 8.23. The van der Waals surface area contributed by atoms with Gasteiger partial charge in [-0.3, -0.25) is 4.90 Å². The Morgan fingerprint density at radius 2 is 1.70 bits per heavy atom. The van der Waals surface area contributed by atoms with Crippen LogP contribution in [-0.2, 0) is 0 Å². The maximum Gasteiger partial charge on any atom is 0.391 e. The van der Waals surface area contributed by atoms with E-state index in [-0.39, 0.29) is 18.8 Å². The molecular formula is C23H25F3N4O3. The van der Waals surface area contributed by atoms with Crippen molar-refractivity contribution in [1.29, 1.82) is 0 Å². The second-order valence-corrected chi connectivity index (χ2v) is 8.23. The van der Waals surface area contributed by atoms with E-state index in [2.05, 4.69) is 4.98 Å². The number of piperazine rings is 1. The molecule has 4 rings (SSSR count). The molecule has 7 nitrogen and oxygen atoms in total. The number of phenolic OH excluding ortho intramolecular Hbond substituents is 1. The highest BCUT2D eigenvalue weighted by molar-refractivity contribution is 5.92. The summed E-state index contributed by atoms with van der Waals surface area (Å²) < 4.78 is 37.7. The highest BCUT2D eigenvalue weighted by Gasteiger charge is 2.37. The van der Waals surface area contributed by atoms with Crippen LogP contribution in [0.15, 0.2) is 42.5 Å². The van der Waals surface area contributed by atoms with Crippen molar-refractivity contribution in [1.82, 2.24) is 14.9 Å². The van der Waals surface area contributed by atoms with Crippen LogP contribution in [0, 0.1) is 6.92 Å². The first kappa shape index (κ1) is 23.2. The van der Waals surface area contributed by atoms with E-state index in [9.17, 15) is 28.5 Å². The van der Waals surface area contributed by atoms with E-state index in [4.69, 9.17) is 4.98 Å². The number of aromatic hydroxyl groups is 1. The summed E-state index contributed by atoms with van der Waals surface area (Å²) in [4.78, 5) is 12.8. The molecule has 0 spiro atoms. The fourth-order valence-electron chi connectivity index (χ4n) is 4.03. The third kappa shape index (κ3) is 5.18. The number of hydrogen-bond acceptors (Lipinski definition) is 7. The molecular weight excluding hydrogens is 437 g/mol. The molecule has 1 aliphatic rings. The van der Waals surface area contributed by atoms with Gasteiger partial charge in [0.1, 0.15) is 23.9 Å². The first-order valence-corrected chi connectivity index (χ1v) is 10.6. The molecule has 0 bridgehead atoms. The molecule has 176 valence electrons. The molecule has 10 heteroatoms. The Morgan fingerprint density at radius 1 is 1.00 bits per heavy atom. The number of fused-ring (bicyclic) bond motifs is 1. The fraction of sp³-hybridized carbons (Fsp3) is 0.391. The molecule has 2 aromatic carbocycles. The largest absolute Gasteiger partial charge is 0.507 e. The van der Waals surface area contributed by atoms with Crippen molar-refractivity contribution in [3.8, 4) is 17.1 Å². The minimum atomic E-state index is -4.56. The number of aliphatic hydroxyl groups is 2. The number of rotatable bonds is 5. The molecule has 33 heavy (non-hydrogen) atoms. The van der Waals surface area contributed by atoms with Gasteiger partial charge in [-0.05, 0) is 36.8 Å². The van der Waals surface area contributed by atoms with Crippen molar-refractivity contribution in [2.24, 2.45) is 0 Å². The molecule has 1 saturated heterocycles. The van der Waals surface area contributed by atoms with E-state index in [0.29, 0.717) is 35.8 Å². The van der Waals surface area contributed by atoms with Gasteiger partial charge in [0.2, 0.25) is 0 Å². The van der Waals surface area contributed by atoms with Gasteiger partial charge < -0.3 is 20.2 Å². The number of aliphatic hydroxyl groups excluding tert-OH is 2. The van der Waals surface area contributed by atoms with E-state index in [1.165, 1.54) is 4.90 Å². The number of aromatic nitrogens is 2. The predicted molar refractivity (Wildman–Crippen MR) is 118 cm³/mol. The number of aryl methyl sites for hydroxylation is 1. The summed E-state index contributed by atoms with van der Waals surface area (Å²) in [6.07, 6.45) is -9.53. The number of alkyl halides is 3. The molecule has 3 aromatic rings. The molecule has 1 aromatic heterocycles. The van der Waals surface area contributed by atoms with Gasteiger partial charge in [0.05, 0.1) is 17.5 Å². The number of para-hydroxylation sites is 1. The molecule has 0 aliphatic carbocycles. The van der Waals surface area contributed by atoms with Gasteiger partial charge in [0.15, 0.2) is 5.82 Å². The molecule has 2 unspecified atom stereocenters. The van der Waals surface area contributed by atoms with Gasteiger partial charge in [-0.25, -0.2) is 9.97 Å². The topological polar surface area (TPSA) is 93.0 Å². The molecule has 1 aliphatic heterocycles. The minimum absolute atomic E-state index is 0.0575. The summed E-state index contributed by atoms with van der Waals surface area (Å²) in [6, 6.07) is 12.6. The average Bonchev–Trinajstić information content (AvgIpc) is 2.77. The second kappa shape index (κ2) is 9.12. The SMILES string of the molecule is Cc1ccc2c(N3CCN(C(O)C(O)CC(F)(F)F)CC3)nc(-c3ccccc3O)nc2c1. The van der Waals surface area contributed by atoms with E-state index in [0.717, 1.165) is 10.9 Å². The Bertz CT molecular complexity index is 1130. The molecule has 2 heterocycles. The minimum Gasteiger partial charge on any atom is -0.507 e. The fourth-order valence-corrected chi connectivity index (χ4v) is 4.03. The van der Waals surface area contributed by atoms with E-state index in [1.807, 2.05) is 30.0 Å². The lowest BCUT2D eigenvalue weighted by Crippen LogP contribution is -2.54. The normalized spacial score (nSPS) is 17.3. The standard InChI is InChI=1S/C23H25F3N4O3/c1-14-6-7-15-17(12-14)27-20(16-4-2-3-5-18(16)31)28-21(15)29-8-10-30(11-9-29)22(33)19(32)13-23(24,25)26/h2-7,12,19,22,31-33H,8-11,13H2,1H3. The molecule has 2 atom stereocenters. The smallest absolute Gasteiger partial charge is 0.391 e. The van der Waals surface area contributed by atoms with Gasteiger partial charge in [-0.1, -0.05) is 18.2 Å². The van der Waals surface area contributed by atoms with Crippen LogP contribution in [0.4, 0.5) is 19.0 Å². The Balaban J connectivity index is 1.60. The summed E-state index contributed by atoms with van der Waals surface area (Å²) in [5.74, 6) is 1.06. The number of nitrogens with zero attached hydrogens (tertiary/aromatic N) is 4.